The maximum Gasteiger partial charge on any atom is 0.411 e. The molecule has 0 spiro atoms. The lowest BCUT2D eigenvalue weighted by atomic mass is 9.72. The van der Waals surface area contributed by atoms with Crippen LogP contribution in [0.15, 0.2) is 97.1 Å². The van der Waals surface area contributed by atoms with Gasteiger partial charge >= 0.3 is 12.4 Å². The summed E-state index contributed by atoms with van der Waals surface area (Å²) in [7, 11) is 0. The first-order valence-electron chi connectivity index (χ1n) is 13.6. The maximum atomic E-state index is 15.1. The van der Waals surface area contributed by atoms with E-state index in [1.54, 1.807) is 43.3 Å². The van der Waals surface area contributed by atoms with Gasteiger partial charge in [-0.3, -0.25) is 9.59 Å². The molecule has 45 heavy (non-hydrogen) atoms. The number of ether oxygens (including phenoxy) is 2. The molecule has 0 bridgehead atoms. The molecule has 2 amide bonds. The third-order valence-corrected chi connectivity index (χ3v) is 7.00. The van der Waals surface area contributed by atoms with Crippen molar-refractivity contribution in [1.82, 2.24) is 0 Å². The molecule has 0 saturated heterocycles. The Morgan fingerprint density at radius 2 is 1.13 bits per heavy atom. The summed E-state index contributed by atoms with van der Waals surface area (Å²) in [6, 6.07) is 19.8. The van der Waals surface area contributed by atoms with Crippen molar-refractivity contribution >= 4 is 23.2 Å². The highest BCUT2D eigenvalue weighted by Crippen LogP contribution is 2.57. The molecule has 0 saturated carbocycles. The van der Waals surface area contributed by atoms with E-state index < -0.39 is 46.4 Å². The third kappa shape index (κ3) is 6.96. The van der Waals surface area contributed by atoms with Crippen molar-refractivity contribution in [3.8, 4) is 5.75 Å². The number of hydrogen-bond donors (Lipinski definition) is 2. The van der Waals surface area contributed by atoms with E-state index in [0.29, 0.717) is 18.2 Å². The van der Waals surface area contributed by atoms with E-state index in [1.807, 2.05) is 0 Å². The van der Waals surface area contributed by atoms with Gasteiger partial charge in [0.2, 0.25) is 5.41 Å². The molecule has 2 N–H and O–H groups in total. The highest BCUT2D eigenvalue weighted by Gasteiger charge is 2.72. The zero-order chi connectivity index (χ0) is 32.8. The molecule has 4 rings (SSSR count). The second-order valence-corrected chi connectivity index (χ2v) is 9.88. The van der Waals surface area contributed by atoms with E-state index in [4.69, 9.17) is 9.47 Å². The second kappa shape index (κ2) is 13.4. The van der Waals surface area contributed by atoms with Crippen LogP contribution in [0.25, 0.3) is 0 Å². The maximum absolute atomic E-state index is 15.1. The largest absolute Gasteiger partial charge is 0.465 e. The van der Waals surface area contributed by atoms with Crippen molar-refractivity contribution in [2.24, 2.45) is 0 Å². The summed E-state index contributed by atoms with van der Waals surface area (Å²) in [5.41, 5.74) is -7.20. The fraction of sp³-hybridized carbons (Fsp3) is 0.212. The smallest absolute Gasteiger partial charge is 0.411 e. The van der Waals surface area contributed by atoms with E-state index in [-0.39, 0.29) is 41.5 Å². The number of carbonyl (C=O) groups excluding carboxylic acids is 2. The topological polar surface area (TPSA) is 76.7 Å². The minimum absolute atomic E-state index is 0.105. The van der Waals surface area contributed by atoms with Gasteiger partial charge in [-0.05, 0) is 73.0 Å². The molecular formula is C33H28F6N2O4. The molecule has 0 aliphatic heterocycles. The number of hydrogen-bond acceptors (Lipinski definition) is 4. The Morgan fingerprint density at radius 1 is 0.667 bits per heavy atom. The lowest BCUT2D eigenvalue weighted by molar-refractivity contribution is -0.288. The van der Waals surface area contributed by atoms with Crippen LogP contribution in [0.4, 0.5) is 37.7 Å². The van der Waals surface area contributed by atoms with E-state index in [1.165, 1.54) is 31.2 Å². The molecule has 4 aromatic carbocycles. The van der Waals surface area contributed by atoms with Gasteiger partial charge in [0.1, 0.15) is 5.75 Å². The highest BCUT2D eigenvalue weighted by molar-refractivity contribution is 6.05. The Labute approximate surface area is 255 Å². The van der Waals surface area contributed by atoms with Crippen molar-refractivity contribution in [2.45, 2.75) is 31.6 Å². The van der Waals surface area contributed by atoms with Crippen LogP contribution < -0.4 is 15.4 Å². The monoisotopic (exact) mass is 630 g/mol. The molecule has 0 aliphatic carbocycles. The Balaban J connectivity index is 1.89. The van der Waals surface area contributed by atoms with Crippen molar-refractivity contribution in [3.63, 3.8) is 0 Å². The predicted molar refractivity (Wildman–Crippen MR) is 156 cm³/mol. The van der Waals surface area contributed by atoms with E-state index in [0.717, 1.165) is 18.2 Å². The van der Waals surface area contributed by atoms with Gasteiger partial charge in [0.25, 0.3) is 11.8 Å². The minimum atomic E-state index is -5.93. The summed E-state index contributed by atoms with van der Waals surface area (Å²) in [5.74, 6) is -1.73. The summed E-state index contributed by atoms with van der Waals surface area (Å²) in [6.45, 7) is 2.93. The molecule has 0 aliphatic rings. The predicted octanol–water partition coefficient (Wildman–Crippen LogP) is 8.28. The highest BCUT2D eigenvalue weighted by atomic mass is 19.4. The van der Waals surface area contributed by atoms with E-state index in [2.05, 4.69) is 10.6 Å². The lowest BCUT2D eigenvalue weighted by Gasteiger charge is -2.39. The van der Waals surface area contributed by atoms with Crippen molar-refractivity contribution < 1.29 is 45.4 Å². The number of anilines is 2. The van der Waals surface area contributed by atoms with Crippen molar-refractivity contribution in [1.29, 1.82) is 0 Å². The first-order valence-corrected chi connectivity index (χ1v) is 13.6. The molecule has 6 nitrogen and oxygen atoms in total. The number of carbonyl (C=O) groups is 2. The van der Waals surface area contributed by atoms with Crippen LogP contribution in [0.2, 0.25) is 0 Å². The number of amides is 2. The van der Waals surface area contributed by atoms with Gasteiger partial charge in [0.15, 0.2) is 6.79 Å². The first-order chi connectivity index (χ1) is 21.3. The average molecular weight is 631 g/mol. The number of benzene rings is 4. The zero-order valence-corrected chi connectivity index (χ0v) is 24.1. The van der Waals surface area contributed by atoms with Crippen molar-refractivity contribution in [3.05, 3.63) is 125 Å². The molecule has 12 heteroatoms. The number of aryl methyl sites for hydroxylation is 1. The van der Waals surface area contributed by atoms with Crippen LogP contribution in [0.1, 0.15) is 44.3 Å². The molecule has 236 valence electrons. The van der Waals surface area contributed by atoms with Gasteiger partial charge in [-0.2, -0.15) is 26.3 Å². The molecule has 0 radical (unpaired) electrons. The van der Waals surface area contributed by atoms with E-state index >= 15 is 26.3 Å². The van der Waals surface area contributed by atoms with Crippen LogP contribution in [-0.2, 0) is 10.2 Å². The van der Waals surface area contributed by atoms with E-state index in [9.17, 15) is 9.59 Å². The minimum Gasteiger partial charge on any atom is -0.465 e. The average Bonchev–Trinajstić information content (AvgIpc) is 2.99. The number of alkyl halides is 6. The molecular weight excluding hydrogens is 602 g/mol. The van der Waals surface area contributed by atoms with Gasteiger partial charge in [-0.15, -0.1) is 0 Å². The van der Waals surface area contributed by atoms with Crippen LogP contribution >= 0.6 is 0 Å². The molecule has 4 aromatic rings. The fourth-order valence-corrected chi connectivity index (χ4v) is 4.72. The van der Waals surface area contributed by atoms with Gasteiger partial charge < -0.3 is 20.1 Å². The standard InChI is InChI=1S/C33H28F6N2O4/c1-3-44-20-45-28-17-16-25(19-27(28)41-30(43)23-12-8-5-9-13-23)31(32(34,35)36,33(37,38)39)24-15-14-21(2)26(18-24)40-29(42)22-10-6-4-7-11-22/h4-19H,3,20H2,1-2H3,(H,40,42)(H,41,43). The molecule has 0 unspecified atom stereocenters. The van der Waals surface area contributed by atoms with Crippen LogP contribution in [0.5, 0.6) is 5.75 Å². The van der Waals surface area contributed by atoms with Crippen LogP contribution in [0, 0.1) is 6.92 Å². The van der Waals surface area contributed by atoms with Gasteiger partial charge in [0.05, 0.1) is 5.69 Å². The number of nitrogens with one attached hydrogen (secondary N) is 2. The number of rotatable bonds is 10. The number of halogens is 6. The Hall–Kier alpha value is -4.84. The summed E-state index contributed by atoms with van der Waals surface area (Å²) < 4.78 is 101. The van der Waals surface area contributed by atoms with Crippen LogP contribution in [0.3, 0.4) is 0 Å². The zero-order valence-electron chi connectivity index (χ0n) is 24.1. The third-order valence-electron chi connectivity index (χ3n) is 7.00. The second-order valence-electron chi connectivity index (χ2n) is 9.88. The summed E-state index contributed by atoms with van der Waals surface area (Å²) in [6.07, 6.45) is -11.9. The summed E-state index contributed by atoms with van der Waals surface area (Å²) in [4.78, 5) is 25.7. The molecule has 0 fully saturated rings. The summed E-state index contributed by atoms with van der Waals surface area (Å²) in [5, 5.41) is 4.80. The molecule has 0 atom stereocenters. The lowest BCUT2D eigenvalue weighted by Crippen LogP contribution is -2.54. The van der Waals surface area contributed by atoms with Gasteiger partial charge in [-0.25, -0.2) is 0 Å². The van der Waals surface area contributed by atoms with Crippen LogP contribution in [-0.4, -0.2) is 37.6 Å². The normalized spacial score (nSPS) is 12.0. The Morgan fingerprint density at radius 3 is 1.62 bits per heavy atom. The Kier molecular flexibility index (Phi) is 9.87. The van der Waals surface area contributed by atoms with Gasteiger partial charge in [0, 0.05) is 23.4 Å². The Bertz CT molecular complexity index is 1630. The first kappa shape index (κ1) is 33.1. The molecule has 0 aromatic heterocycles. The van der Waals surface area contributed by atoms with Crippen molar-refractivity contribution in [2.75, 3.05) is 24.0 Å². The SMILES string of the molecule is CCOCOc1ccc(C(c2ccc(C)c(NC(=O)c3ccccc3)c2)(C(F)(F)F)C(F)(F)F)cc1NC(=O)c1ccccc1. The fourth-order valence-electron chi connectivity index (χ4n) is 4.72. The molecule has 0 heterocycles. The van der Waals surface area contributed by atoms with Gasteiger partial charge in [-0.1, -0.05) is 54.6 Å². The summed E-state index contributed by atoms with van der Waals surface area (Å²) >= 11 is 0. The quantitative estimate of drug-likeness (QED) is 0.105.